The van der Waals surface area contributed by atoms with Gasteiger partial charge in [0.25, 0.3) is 0 Å². The van der Waals surface area contributed by atoms with Gasteiger partial charge >= 0.3 is 12.1 Å². The van der Waals surface area contributed by atoms with E-state index < -0.39 is 52.7 Å². The van der Waals surface area contributed by atoms with E-state index in [1.165, 1.54) is 6.92 Å². The zero-order chi connectivity index (χ0) is 28.7. The maximum absolute atomic E-state index is 13.4. The molecule has 2 amide bonds. The van der Waals surface area contributed by atoms with Crippen LogP contribution in [0.1, 0.15) is 45.6 Å². The van der Waals surface area contributed by atoms with Crippen LogP contribution in [-0.2, 0) is 34.2 Å². The van der Waals surface area contributed by atoms with Crippen LogP contribution in [0.5, 0.6) is 0 Å². The molecule has 0 spiro atoms. The summed E-state index contributed by atoms with van der Waals surface area (Å²) in [5, 5.41) is 37.0. The number of amides is 2. The van der Waals surface area contributed by atoms with Gasteiger partial charge in [0.1, 0.15) is 12.2 Å². The Morgan fingerprint density at radius 1 is 0.974 bits per heavy atom. The van der Waals surface area contributed by atoms with Crippen LogP contribution < -0.4 is 5.32 Å². The number of carbonyl (C=O) groups is 3. The van der Waals surface area contributed by atoms with Crippen LogP contribution in [0.15, 0.2) is 30.3 Å². The minimum atomic E-state index is -1.27. The van der Waals surface area contributed by atoms with Gasteiger partial charge in [-0.1, -0.05) is 30.3 Å². The van der Waals surface area contributed by atoms with E-state index in [2.05, 4.69) is 15.0 Å². The van der Waals surface area contributed by atoms with Crippen molar-refractivity contribution < 1.29 is 54.4 Å². The topological polar surface area (TPSA) is 191 Å². The summed E-state index contributed by atoms with van der Waals surface area (Å²) in [6.45, 7) is 6.52. The molecule has 5 N–H and O–H groups in total. The highest BCUT2D eigenvalue weighted by Crippen LogP contribution is 2.55. The second-order valence-electron chi connectivity index (χ2n) is 9.47. The minimum absolute atomic E-state index is 0.0123. The monoisotopic (exact) mass is 556 g/mol. The standard InChI is InChI=1S/C24H36N4O11/c1-4-26(5-2)22(30)24(17-9-7-6-8-10-17)13-18(24)14-25-23(31)37-15(3)36-21(29)16-11-19(38-27(32)33)20(12-16)39-28(34)35/h6-10,15-16,18-20,32-35H,4-5,11-14H2,1-3H3,(H,25,31)/t15?,16?,18-,19?,20?,24+/m1/s1. The van der Waals surface area contributed by atoms with Gasteiger partial charge in [0.05, 0.1) is 22.1 Å². The third kappa shape index (κ3) is 7.61. The molecule has 2 saturated carbocycles. The molecule has 1 aromatic rings. The van der Waals surface area contributed by atoms with Crippen molar-refractivity contribution in [2.75, 3.05) is 19.6 Å². The Labute approximate surface area is 225 Å². The Morgan fingerprint density at radius 2 is 1.54 bits per heavy atom. The zero-order valence-corrected chi connectivity index (χ0v) is 22.0. The van der Waals surface area contributed by atoms with E-state index >= 15 is 0 Å². The highest BCUT2D eigenvalue weighted by Gasteiger charge is 2.61. The number of nitrogens with one attached hydrogen (secondary N) is 1. The molecule has 15 nitrogen and oxygen atoms in total. The fraction of sp³-hybridized carbons (Fsp3) is 0.625. The van der Waals surface area contributed by atoms with E-state index in [0.29, 0.717) is 19.5 Å². The van der Waals surface area contributed by atoms with E-state index in [1.807, 2.05) is 44.2 Å². The first-order chi connectivity index (χ1) is 18.5. The maximum atomic E-state index is 13.4. The van der Waals surface area contributed by atoms with Crippen LogP contribution in [0.25, 0.3) is 0 Å². The lowest BCUT2D eigenvalue weighted by atomic mass is 9.91. The van der Waals surface area contributed by atoms with Crippen molar-refractivity contribution in [3.05, 3.63) is 35.9 Å². The predicted molar refractivity (Wildman–Crippen MR) is 127 cm³/mol. The van der Waals surface area contributed by atoms with Crippen molar-refractivity contribution >= 4 is 18.0 Å². The van der Waals surface area contributed by atoms with Gasteiger partial charge in [-0.3, -0.25) is 30.4 Å². The van der Waals surface area contributed by atoms with Gasteiger partial charge in [-0.05, 0) is 44.6 Å². The van der Waals surface area contributed by atoms with E-state index in [9.17, 15) is 14.4 Å². The molecule has 2 aliphatic carbocycles. The SMILES string of the molecule is CCN(CC)C(=O)[C@]1(c2ccccc2)C[C@@H]1CNC(=O)OC(C)OC(=O)C1CC(ON(O)O)C(ON(O)O)C1. The number of alkyl carbamates (subject to hydrolysis) is 1. The summed E-state index contributed by atoms with van der Waals surface area (Å²) in [6.07, 6.45) is -4.01. The molecule has 0 aliphatic heterocycles. The molecular formula is C24H36N4O11. The molecule has 3 unspecified atom stereocenters. The molecule has 0 aromatic heterocycles. The molecule has 3 rings (SSSR count). The Morgan fingerprint density at radius 3 is 2.05 bits per heavy atom. The fourth-order valence-electron chi connectivity index (χ4n) is 5.14. The lowest BCUT2D eigenvalue weighted by molar-refractivity contribution is -0.535. The van der Waals surface area contributed by atoms with Crippen molar-refractivity contribution in [1.29, 1.82) is 0 Å². The number of hydrogen-bond donors (Lipinski definition) is 5. The molecule has 5 atom stereocenters. The van der Waals surface area contributed by atoms with E-state index in [4.69, 9.17) is 30.3 Å². The van der Waals surface area contributed by atoms with Gasteiger partial charge in [0.15, 0.2) is 0 Å². The number of esters is 1. The molecule has 1 aromatic carbocycles. The summed E-state index contributed by atoms with van der Waals surface area (Å²) in [6, 6.07) is 9.45. The number of likely N-dealkylation sites (N-methyl/N-ethyl adjacent to an activating group) is 1. The van der Waals surface area contributed by atoms with Crippen molar-refractivity contribution in [2.24, 2.45) is 11.8 Å². The predicted octanol–water partition coefficient (Wildman–Crippen LogP) is 1.60. The number of ether oxygens (including phenoxy) is 2. The molecule has 2 fully saturated rings. The lowest BCUT2D eigenvalue weighted by Crippen LogP contribution is -2.41. The number of rotatable bonds is 13. The summed E-state index contributed by atoms with van der Waals surface area (Å²) in [5.41, 5.74) is 0.164. The number of carbonyl (C=O) groups excluding carboxylic acids is 3. The third-order valence-electron chi connectivity index (χ3n) is 7.12. The molecule has 0 saturated heterocycles. The van der Waals surface area contributed by atoms with Crippen LogP contribution in [0, 0.1) is 11.8 Å². The average molecular weight is 557 g/mol. The normalized spacial score (nSPS) is 26.8. The first-order valence-electron chi connectivity index (χ1n) is 12.7. The fourth-order valence-corrected chi connectivity index (χ4v) is 5.14. The van der Waals surface area contributed by atoms with Gasteiger partial charge in [-0.15, -0.1) is 0 Å². The summed E-state index contributed by atoms with van der Waals surface area (Å²) in [4.78, 5) is 49.5. The smallest absolute Gasteiger partial charge is 0.410 e. The van der Waals surface area contributed by atoms with E-state index in [0.717, 1.165) is 5.56 Å². The molecule has 0 radical (unpaired) electrons. The molecule has 15 heteroatoms. The Hall–Kier alpha value is -2.89. The van der Waals surface area contributed by atoms with E-state index in [1.54, 1.807) is 4.90 Å². The van der Waals surface area contributed by atoms with Crippen LogP contribution in [-0.4, -0.2) is 92.6 Å². The van der Waals surface area contributed by atoms with E-state index in [-0.39, 0.29) is 31.2 Å². The van der Waals surface area contributed by atoms with Gasteiger partial charge in [0.2, 0.25) is 12.2 Å². The van der Waals surface area contributed by atoms with Crippen LogP contribution in [0.2, 0.25) is 0 Å². The summed E-state index contributed by atoms with van der Waals surface area (Å²) >= 11 is 0. The Balaban J connectivity index is 1.51. The highest BCUT2D eigenvalue weighted by molar-refractivity contribution is 5.92. The second kappa shape index (κ2) is 13.5. The van der Waals surface area contributed by atoms with Crippen molar-refractivity contribution in [3.63, 3.8) is 0 Å². The molecule has 0 heterocycles. The first kappa shape index (κ1) is 30.6. The number of nitrogens with zero attached hydrogens (tertiary/aromatic N) is 3. The summed E-state index contributed by atoms with van der Waals surface area (Å²) in [5.74, 6) is -1.81. The maximum Gasteiger partial charge on any atom is 0.410 e. The highest BCUT2D eigenvalue weighted by atomic mass is 17.1. The lowest BCUT2D eigenvalue weighted by Gasteiger charge is -2.26. The molecular weight excluding hydrogens is 520 g/mol. The number of hydrogen-bond acceptors (Lipinski definition) is 13. The number of benzene rings is 1. The Bertz CT molecular complexity index is 960. The van der Waals surface area contributed by atoms with Gasteiger partial charge in [-0.2, -0.15) is 0 Å². The zero-order valence-electron chi connectivity index (χ0n) is 22.0. The summed E-state index contributed by atoms with van der Waals surface area (Å²) in [7, 11) is 0. The van der Waals surface area contributed by atoms with Crippen LogP contribution in [0.3, 0.4) is 0 Å². The quantitative estimate of drug-likeness (QED) is 0.134. The van der Waals surface area contributed by atoms with Gasteiger partial charge in [0, 0.05) is 26.6 Å². The average Bonchev–Trinajstić information content (AvgIpc) is 3.50. The largest absolute Gasteiger partial charge is 0.425 e. The van der Waals surface area contributed by atoms with Crippen molar-refractivity contribution in [1.82, 2.24) is 21.0 Å². The Kier molecular flexibility index (Phi) is 10.6. The molecule has 39 heavy (non-hydrogen) atoms. The minimum Gasteiger partial charge on any atom is -0.425 e. The van der Waals surface area contributed by atoms with Crippen molar-refractivity contribution in [3.8, 4) is 0 Å². The second-order valence-corrected chi connectivity index (χ2v) is 9.47. The molecule has 2 aliphatic rings. The summed E-state index contributed by atoms with van der Waals surface area (Å²) < 4.78 is 10.3. The molecule has 0 bridgehead atoms. The van der Waals surface area contributed by atoms with Gasteiger partial charge < -0.3 is 19.7 Å². The van der Waals surface area contributed by atoms with Crippen LogP contribution in [0.4, 0.5) is 4.79 Å². The first-order valence-corrected chi connectivity index (χ1v) is 12.7. The van der Waals surface area contributed by atoms with Crippen LogP contribution >= 0.6 is 0 Å². The molecule has 218 valence electrons. The van der Waals surface area contributed by atoms with Gasteiger partial charge in [-0.25, -0.2) is 14.5 Å². The third-order valence-corrected chi connectivity index (χ3v) is 7.12. The van der Waals surface area contributed by atoms with Crippen molar-refractivity contribution in [2.45, 2.75) is 63.9 Å².